The van der Waals surface area contributed by atoms with Crippen LogP contribution in [-0.2, 0) is 10.0 Å². The molecule has 26 heavy (non-hydrogen) atoms. The third-order valence-electron chi connectivity index (χ3n) is 3.98. The van der Waals surface area contributed by atoms with Gasteiger partial charge >= 0.3 is 0 Å². The number of nitriles is 1. The predicted octanol–water partition coefficient (Wildman–Crippen LogP) is 3.38. The largest absolute Gasteiger partial charge is 0.256 e. The molecule has 7 heteroatoms. The lowest BCUT2D eigenvalue weighted by Gasteiger charge is -2.11. The average Bonchev–Trinajstić information content (AvgIpc) is 2.60. The number of nitrogens with two attached hydrogens (primary N) is 1. The van der Waals surface area contributed by atoms with Gasteiger partial charge in [0.15, 0.2) is 0 Å². The van der Waals surface area contributed by atoms with E-state index in [0.29, 0.717) is 16.8 Å². The summed E-state index contributed by atoms with van der Waals surface area (Å²) in [6.07, 6.45) is 1.57. The first-order valence-corrected chi connectivity index (χ1v) is 9.15. The summed E-state index contributed by atoms with van der Waals surface area (Å²) in [6, 6.07) is 14.7. The lowest BCUT2D eigenvalue weighted by Crippen LogP contribution is -2.14. The average molecular weight is 367 g/mol. The van der Waals surface area contributed by atoms with Gasteiger partial charge in [0, 0.05) is 17.3 Å². The summed E-state index contributed by atoms with van der Waals surface area (Å²) < 4.78 is 37.0. The van der Waals surface area contributed by atoms with Crippen LogP contribution in [0, 0.1) is 24.1 Å². The molecule has 5 nitrogen and oxygen atoms in total. The van der Waals surface area contributed by atoms with E-state index in [1.165, 1.54) is 6.07 Å². The van der Waals surface area contributed by atoms with Crippen LogP contribution in [0.3, 0.4) is 0 Å². The maximum absolute atomic E-state index is 14.2. The normalized spacial score (nSPS) is 11.2. The molecule has 0 unspecified atom stereocenters. The van der Waals surface area contributed by atoms with E-state index in [4.69, 9.17) is 10.4 Å². The van der Waals surface area contributed by atoms with E-state index < -0.39 is 20.7 Å². The topological polar surface area (TPSA) is 96.8 Å². The molecule has 0 atom stereocenters. The molecule has 2 aromatic carbocycles. The molecule has 2 N–H and O–H groups in total. The number of nitrogens with zero attached hydrogens (tertiary/aromatic N) is 2. The van der Waals surface area contributed by atoms with Crippen LogP contribution in [0.5, 0.6) is 0 Å². The molecule has 0 radical (unpaired) electrons. The van der Waals surface area contributed by atoms with Gasteiger partial charge in [0.1, 0.15) is 10.7 Å². The predicted molar refractivity (Wildman–Crippen MR) is 95.9 cm³/mol. The number of aromatic nitrogens is 1. The van der Waals surface area contributed by atoms with Crippen LogP contribution in [0.25, 0.3) is 22.4 Å². The zero-order valence-electron chi connectivity index (χ0n) is 13.8. The minimum atomic E-state index is -4.13. The van der Waals surface area contributed by atoms with Crippen molar-refractivity contribution in [3.63, 3.8) is 0 Å². The van der Waals surface area contributed by atoms with Crippen molar-refractivity contribution in [1.29, 1.82) is 5.26 Å². The third-order valence-corrected chi connectivity index (χ3v) is 4.92. The smallest absolute Gasteiger partial charge is 0.240 e. The second kappa shape index (κ2) is 6.67. The first-order chi connectivity index (χ1) is 12.3. The highest BCUT2D eigenvalue weighted by atomic mass is 32.2. The van der Waals surface area contributed by atoms with Crippen LogP contribution in [0.2, 0.25) is 0 Å². The van der Waals surface area contributed by atoms with Gasteiger partial charge in [-0.25, -0.2) is 17.9 Å². The molecule has 0 saturated heterocycles. The second-order valence-corrected chi connectivity index (χ2v) is 7.26. The maximum atomic E-state index is 14.2. The second-order valence-electron chi connectivity index (χ2n) is 5.73. The molecule has 1 heterocycles. The van der Waals surface area contributed by atoms with E-state index in [-0.39, 0.29) is 0 Å². The molecule has 3 aromatic rings. The van der Waals surface area contributed by atoms with Gasteiger partial charge in [0.25, 0.3) is 0 Å². The van der Waals surface area contributed by atoms with Crippen molar-refractivity contribution in [2.24, 2.45) is 5.14 Å². The van der Waals surface area contributed by atoms with Crippen molar-refractivity contribution in [2.75, 3.05) is 0 Å². The van der Waals surface area contributed by atoms with Gasteiger partial charge in [0.05, 0.1) is 17.3 Å². The lowest BCUT2D eigenvalue weighted by atomic mass is 9.96. The zero-order chi connectivity index (χ0) is 18.9. The minimum Gasteiger partial charge on any atom is -0.256 e. The summed E-state index contributed by atoms with van der Waals surface area (Å²) in [5, 5.41) is 14.1. The van der Waals surface area contributed by atoms with Crippen LogP contribution < -0.4 is 5.14 Å². The van der Waals surface area contributed by atoms with Crippen LogP contribution in [0.4, 0.5) is 4.39 Å². The fourth-order valence-corrected chi connectivity index (χ4v) is 3.29. The van der Waals surface area contributed by atoms with Crippen LogP contribution >= 0.6 is 0 Å². The molecule has 0 aliphatic heterocycles. The van der Waals surface area contributed by atoms with E-state index in [0.717, 1.165) is 28.8 Å². The third kappa shape index (κ3) is 3.33. The Bertz CT molecular complexity index is 1150. The van der Waals surface area contributed by atoms with Gasteiger partial charge in [0.2, 0.25) is 10.0 Å². The number of primary sulfonamides is 1. The van der Waals surface area contributed by atoms with Crippen molar-refractivity contribution in [3.05, 3.63) is 71.7 Å². The summed E-state index contributed by atoms with van der Waals surface area (Å²) in [5.74, 6) is -0.933. The number of sulfonamides is 1. The number of aryl methyl sites for hydroxylation is 1. The summed E-state index contributed by atoms with van der Waals surface area (Å²) >= 11 is 0. The van der Waals surface area contributed by atoms with Crippen LogP contribution in [0.15, 0.2) is 59.6 Å². The fraction of sp³-hybridized carbons (Fsp3) is 0.0526. The van der Waals surface area contributed by atoms with E-state index in [2.05, 4.69) is 11.1 Å². The molecule has 0 amide bonds. The van der Waals surface area contributed by atoms with Crippen molar-refractivity contribution in [1.82, 2.24) is 4.98 Å². The highest BCUT2D eigenvalue weighted by molar-refractivity contribution is 7.89. The van der Waals surface area contributed by atoms with Crippen LogP contribution in [0.1, 0.15) is 11.1 Å². The summed E-state index contributed by atoms with van der Waals surface area (Å²) in [7, 11) is -4.13. The van der Waals surface area contributed by atoms with Gasteiger partial charge in [-0.2, -0.15) is 5.26 Å². The molecule has 3 rings (SSSR count). The molecule has 0 aliphatic carbocycles. The molecule has 0 aliphatic rings. The van der Waals surface area contributed by atoms with Crippen molar-refractivity contribution >= 4 is 10.0 Å². The Labute approximate surface area is 150 Å². The van der Waals surface area contributed by atoms with E-state index in [1.54, 1.807) is 24.4 Å². The molecule has 0 fully saturated rings. The Morgan fingerprint density at radius 2 is 1.85 bits per heavy atom. The Morgan fingerprint density at radius 3 is 2.46 bits per heavy atom. The molecule has 130 valence electrons. The number of pyridine rings is 1. The highest BCUT2D eigenvalue weighted by Gasteiger charge is 2.17. The minimum absolute atomic E-state index is 0.424. The Morgan fingerprint density at radius 1 is 1.12 bits per heavy atom. The van der Waals surface area contributed by atoms with E-state index >= 15 is 0 Å². The summed E-state index contributed by atoms with van der Waals surface area (Å²) in [4.78, 5) is 3.76. The van der Waals surface area contributed by atoms with Crippen molar-refractivity contribution in [2.45, 2.75) is 11.8 Å². The number of benzene rings is 2. The maximum Gasteiger partial charge on any atom is 0.240 e. The van der Waals surface area contributed by atoms with Gasteiger partial charge in [-0.15, -0.1) is 0 Å². The molecule has 0 spiro atoms. The quantitative estimate of drug-likeness (QED) is 0.767. The summed E-state index contributed by atoms with van der Waals surface area (Å²) in [5.41, 5.74) is 3.87. The molecule has 1 aromatic heterocycles. The number of halogens is 1. The number of hydrogen-bond acceptors (Lipinski definition) is 4. The zero-order valence-corrected chi connectivity index (χ0v) is 14.6. The van der Waals surface area contributed by atoms with Gasteiger partial charge in [-0.3, -0.25) is 4.98 Å². The van der Waals surface area contributed by atoms with Crippen molar-refractivity contribution in [3.8, 4) is 28.5 Å². The molecule has 0 saturated carbocycles. The Hall–Kier alpha value is -3.08. The monoisotopic (exact) mass is 367 g/mol. The van der Waals surface area contributed by atoms with Crippen LogP contribution in [-0.4, -0.2) is 13.4 Å². The molecular weight excluding hydrogens is 353 g/mol. The first-order valence-electron chi connectivity index (χ1n) is 7.60. The van der Waals surface area contributed by atoms with E-state index in [1.807, 2.05) is 19.1 Å². The first kappa shape index (κ1) is 17.7. The van der Waals surface area contributed by atoms with Gasteiger partial charge in [-0.1, -0.05) is 24.3 Å². The van der Waals surface area contributed by atoms with Gasteiger partial charge < -0.3 is 0 Å². The lowest BCUT2D eigenvalue weighted by molar-refractivity contribution is 0.568. The Kier molecular flexibility index (Phi) is 4.55. The van der Waals surface area contributed by atoms with E-state index in [9.17, 15) is 12.8 Å². The highest BCUT2D eigenvalue weighted by Crippen LogP contribution is 2.32. The molecule has 0 bridgehead atoms. The number of hydrogen-bond donors (Lipinski definition) is 1. The fourth-order valence-electron chi connectivity index (χ4n) is 2.70. The Balaban J connectivity index is 2.16. The molecular formula is C19H14FN3O2S. The number of rotatable bonds is 3. The standard InChI is InChI=1S/C19H14FN3O2S/c1-12-9-13(4-5-15(12)11-21)16-3-2-8-23-19(16)14-6-7-18(17(20)10-14)26(22,24)25/h2-10H,1H3,(H2,22,24,25). The summed E-state index contributed by atoms with van der Waals surface area (Å²) in [6.45, 7) is 1.83. The SMILES string of the molecule is Cc1cc(-c2cccnc2-c2ccc(S(N)(=O)=O)c(F)c2)ccc1C#N. The van der Waals surface area contributed by atoms with Gasteiger partial charge in [-0.05, 0) is 42.3 Å². The van der Waals surface area contributed by atoms with Crippen molar-refractivity contribution < 1.29 is 12.8 Å².